The normalized spacial score (nSPS) is 9.78. The first kappa shape index (κ1) is 13.1. The molecule has 1 radical (unpaired) electrons. The van der Waals surface area contributed by atoms with Crippen LogP contribution < -0.4 is 5.73 Å². The first-order valence-corrected chi connectivity index (χ1v) is 4.88. The predicted molar refractivity (Wildman–Crippen MR) is 46.9 cm³/mol. The number of thiocarbonyl (C=S) groups is 1. The van der Waals surface area contributed by atoms with Gasteiger partial charge < -0.3 is 5.73 Å². The molecule has 0 saturated heterocycles. The molecule has 0 rings (SSSR count). The minimum Gasteiger partial charge on any atom is -0.386 e. The maximum atomic E-state index is 5.42. The Morgan fingerprint density at radius 1 is 1.44 bits per heavy atom. The number of rotatable bonds is 2. The Balaban J connectivity index is 0. The van der Waals surface area contributed by atoms with Crippen LogP contribution in [-0.4, -0.2) is 15.8 Å². The van der Waals surface area contributed by atoms with Gasteiger partial charge in [0.2, 0.25) is 0 Å². The molecule has 0 aliphatic heterocycles. The molecule has 0 aromatic carbocycles. The van der Waals surface area contributed by atoms with Crippen LogP contribution in [0.15, 0.2) is 0 Å². The van der Waals surface area contributed by atoms with Crippen molar-refractivity contribution in [2.75, 3.05) is 11.5 Å². The molecule has 0 saturated carbocycles. The van der Waals surface area contributed by atoms with Crippen LogP contribution >= 0.6 is 23.1 Å². The fraction of sp³-hybridized carbons (Fsp3) is 0.800. The fourth-order valence-electron chi connectivity index (χ4n) is 0.535. The summed E-state index contributed by atoms with van der Waals surface area (Å²) in [6.07, 6.45) is 0. The zero-order valence-corrected chi connectivity index (χ0v) is 11.3. The second-order valence-electron chi connectivity index (χ2n) is 1.51. The van der Waals surface area contributed by atoms with Gasteiger partial charge in [0.15, 0.2) is 0 Å². The van der Waals surface area contributed by atoms with Crippen LogP contribution in [0.25, 0.3) is 0 Å². The van der Waals surface area contributed by atoms with Crippen molar-refractivity contribution in [3.05, 3.63) is 0 Å². The summed E-state index contributed by atoms with van der Waals surface area (Å²) in [6.45, 7) is 4.27. The van der Waals surface area contributed by atoms with Crippen molar-refractivity contribution in [1.29, 1.82) is 0 Å². The molecule has 0 heterocycles. The quantitative estimate of drug-likeness (QED) is 0.592. The van der Waals surface area contributed by atoms with E-state index in [9.17, 15) is 0 Å². The van der Waals surface area contributed by atoms with Crippen LogP contribution in [-0.2, 0) is 0 Å². The van der Waals surface area contributed by atoms with Crippen LogP contribution in [0.4, 0.5) is 0 Å². The zero-order chi connectivity index (χ0) is 6.57. The largest absolute Gasteiger partial charge is 0.386 e. The first-order chi connectivity index (χ1) is 3.72. The van der Waals surface area contributed by atoms with Gasteiger partial charge in [-0.05, 0) is 11.5 Å². The van der Waals surface area contributed by atoms with Gasteiger partial charge in [0, 0.05) is 35.6 Å². The van der Waals surface area contributed by atoms with E-state index >= 15 is 0 Å². The molecule has 0 atom stereocenters. The minimum absolute atomic E-state index is 0. The molecule has 0 spiro atoms. The van der Waals surface area contributed by atoms with Crippen molar-refractivity contribution in [2.24, 2.45) is 5.73 Å². The number of thiol groups is 1. The van der Waals surface area contributed by atoms with E-state index < -0.39 is 0 Å². The van der Waals surface area contributed by atoms with E-state index in [1.165, 1.54) is 0 Å². The topological polar surface area (TPSA) is 26.0 Å². The van der Waals surface area contributed by atoms with Crippen molar-refractivity contribution < 1.29 is 35.6 Å². The van der Waals surface area contributed by atoms with E-state index in [2.05, 4.69) is 13.8 Å². The summed E-state index contributed by atoms with van der Waals surface area (Å²) < 4.78 is 0.727. The van der Waals surface area contributed by atoms with E-state index in [0.717, 1.165) is 15.8 Å². The van der Waals surface area contributed by atoms with Crippen molar-refractivity contribution in [1.82, 2.24) is 0 Å². The molecule has 0 unspecified atom stereocenters. The summed E-state index contributed by atoms with van der Waals surface area (Å²) in [5.74, 6) is 2.28. The molecular weight excluding hydrogens is 277 g/mol. The van der Waals surface area contributed by atoms with Gasteiger partial charge in [0.25, 0.3) is 0 Å². The minimum atomic E-state index is -0.106. The molecule has 0 aromatic heterocycles. The van der Waals surface area contributed by atoms with Gasteiger partial charge in [-0.15, -0.1) is 0 Å². The van der Waals surface area contributed by atoms with E-state index in [4.69, 9.17) is 18.0 Å². The van der Waals surface area contributed by atoms with Gasteiger partial charge >= 0.3 is 0 Å². The van der Waals surface area contributed by atoms with Crippen molar-refractivity contribution in [2.45, 2.75) is 13.8 Å². The molecule has 0 aliphatic rings. The Kier molecular flexibility index (Phi) is 10.9. The molecule has 0 fully saturated rings. The van der Waals surface area contributed by atoms with E-state index in [-0.39, 0.29) is 46.5 Å². The zero-order valence-electron chi connectivity index (χ0n) is 5.92. The van der Waals surface area contributed by atoms with Gasteiger partial charge in [-0.3, -0.25) is 0 Å². The first-order valence-electron chi connectivity index (χ1n) is 2.76. The third kappa shape index (κ3) is 5.86. The molecule has 53 valence electrons. The van der Waals surface area contributed by atoms with Gasteiger partial charge in [0.1, 0.15) is 4.32 Å². The number of hydrogen-bond acceptors (Lipinski definition) is 1. The molecule has 0 aromatic rings. The summed E-state index contributed by atoms with van der Waals surface area (Å²) in [4.78, 5) is 0. The molecule has 0 amide bonds. The molecule has 2 N–H and O–H groups in total. The van der Waals surface area contributed by atoms with Crippen molar-refractivity contribution >= 4 is 27.4 Å². The maximum absolute atomic E-state index is 5.42. The summed E-state index contributed by atoms with van der Waals surface area (Å²) in [5, 5.41) is 0. The van der Waals surface area contributed by atoms with E-state index in [1.54, 1.807) is 0 Å². The number of nitrogens with two attached hydrogens (primary N) is 1. The van der Waals surface area contributed by atoms with Crippen LogP contribution in [0.5, 0.6) is 0 Å². The Labute approximate surface area is 93.1 Å². The fourth-order valence-corrected chi connectivity index (χ4v) is 2.38. The summed E-state index contributed by atoms with van der Waals surface area (Å²) in [7, 11) is -0.106. The van der Waals surface area contributed by atoms with Crippen LogP contribution in [0.2, 0.25) is 0 Å². The Morgan fingerprint density at radius 2 is 1.78 bits per heavy atom. The average Bonchev–Trinajstić information content (AvgIpc) is 1.69. The maximum Gasteiger partial charge on any atom is 0.111 e. The summed E-state index contributed by atoms with van der Waals surface area (Å²) in [5.41, 5.74) is 5.42. The SMILES string of the molecule is CC[SH](CC)C(N)=S.[La]. The second kappa shape index (κ2) is 7.54. The number of hydrogen-bond donors (Lipinski definition) is 2. The Hall–Kier alpha value is 1.43. The Morgan fingerprint density at radius 3 is 1.78 bits per heavy atom. The van der Waals surface area contributed by atoms with Crippen molar-refractivity contribution in [3.8, 4) is 0 Å². The van der Waals surface area contributed by atoms with Crippen LogP contribution in [0.1, 0.15) is 13.8 Å². The van der Waals surface area contributed by atoms with E-state index in [1.807, 2.05) is 0 Å². The molecule has 0 aliphatic carbocycles. The smallest absolute Gasteiger partial charge is 0.111 e. The van der Waals surface area contributed by atoms with E-state index in [0.29, 0.717) is 0 Å². The molecule has 9 heavy (non-hydrogen) atoms. The Bertz CT molecular complexity index is 83.0. The molecular formula is C5H13LaNS2. The predicted octanol–water partition coefficient (Wildman–Crippen LogP) is 1.27. The second-order valence-corrected chi connectivity index (χ2v) is 5.08. The summed E-state index contributed by atoms with van der Waals surface area (Å²) >= 11 is 4.82. The van der Waals surface area contributed by atoms with Crippen molar-refractivity contribution in [3.63, 3.8) is 0 Å². The van der Waals surface area contributed by atoms with Gasteiger partial charge in [-0.25, -0.2) is 10.9 Å². The monoisotopic (exact) mass is 290 g/mol. The molecule has 1 nitrogen and oxygen atoms in total. The van der Waals surface area contributed by atoms with Gasteiger partial charge in [-0.2, -0.15) is 0 Å². The van der Waals surface area contributed by atoms with Gasteiger partial charge in [-0.1, -0.05) is 26.1 Å². The summed E-state index contributed by atoms with van der Waals surface area (Å²) in [6, 6.07) is 0. The third-order valence-electron chi connectivity index (χ3n) is 1.08. The van der Waals surface area contributed by atoms with Gasteiger partial charge in [0.05, 0.1) is 0 Å². The molecule has 0 bridgehead atoms. The average molecular weight is 290 g/mol. The molecule has 4 heteroatoms. The van der Waals surface area contributed by atoms with Crippen LogP contribution in [0.3, 0.4) is 0 Å². The van der Waals surface area contributed by atoms with Crippen LogP contribution in [0, 0.1) is 35.6 Å². The third-order valence-corrected chi connectivity index (χ3v) is 4.00. The standard InChI is InChI=1S/C5H13NS2.La/c1-3-8(4-2)5(6)7;/h8H,3-4H2,1-2H3,(H2,6,7);.